The second kappa shape index (κ2) is 6.03. The Morgan fingerprint density at radius 2 is 2.10 bits per heavy atom. The van der Waals surface area contributed by atoms with Gasteiger partial charge in [0.1, 0.15) is 0 Å². The monoisotopic (exact) mass is 293 g/mol. The Kier molecular flexibility index (Phi) is 4.12. The molecule has 1 aliphatic carbocycles. The average molecular weight is 293 g/mol. The van der Waals surface area contributed by atoms with E-state index in [9.17, 15) is 9.90 Å². The number of piperidine rings is 1. The first kappa shape index (κ1) is 14.4. The molecule has 1 N–H and O–H groups in total. The highest BCUT2D eigenvalue weighted by molar-refractivity contribution is 5.71. The van der Waals surface area contributed by atoms with Crippen LogP contribution >= 0.6 is 0 Å². The van der Waals surface area contributed by atoms with E-state index in [0.29, 0.717) is 17.8 Å². The van der Waals surface area contributed by atoms with Crippen molar-refractivity contribution in [3.63, 3.8) is 0 Å². The highest BCUT2D eigenvalue weighted by Crippen LogP contribution is 2.44. The average Bonchev–Trinajstić information content (AvgIpc) is 3.14. The molecular formula is C15H23N3O3. The summed E-state index contributed by atoms with van der Waals surface area (Å²) in [5, 5.41) is 13.5. The second-order valence-electron chi connectivity index (χ2n) is 6.28. The van der Waals surface area contributed by atoms with Crippen LogP contribution in [0.25, 0.3) is 0 Å². The summed E-state index contributed by atoms with van der Waals surface area (Å²) in [4.78, 5) is 18.1. The predicted octanol–water partition coefficient (Wildman–Crippen LogP) is 2.66. The number of hydrogen-bond acceptors (Lipinski definition) is 5. The molecule has 116 valence electrons. The molecule has 0 amide bonds. The van der Waals surface area contributed by atoms with Crippen LogP contribution in [0, 0.1) is 11.8 Å². The highest BCUT2D eigenvalue weighted by Gasteiger charge is 2.42. The van der Waals surface area contributed by atoms with Crippen molar-refractivity contribution in [2.45, 2.75) is 51.4 Å². The molecule has 0 spiro atoms. The van der Waals surface area contributed by atoms with Crippen LogP contribution in [0.2, 0.25) is 0 Å². The van der Waals surface area contributed by atoms with Crippen molar-refractivity contribution in [2.75, 3.05) is 18.0 Å². The fourth-order valence-electron chi connectivity index (χ4n) is 3.62. The molecule has 0 aromatic carbocycles. The number of aromatic nitrogens is 2. The molecule has 2 aliphatic rings. The maximum atomic E-state index is 11.5. The number of carboxylic acid groups (broad SMARTS) is 1. The van der Waals surface area contributed by atoms with Crippen LogP contribution in [0.5, 0.6) is 0 Å². The Balaban J connectivity index is 1.76. The third-order valence-electron chi connectivity index (χ3n) is 4.94. The molecule has 21 heavy (non-hydrogen) atoms. The lowest BCUT2D eigenvalue weighted by Gasteiger charge is -2.24. The van der Waals surface area contributed by atoms with Gasteiger partial charge < -0.3 is 14.5 Å². The van der Waals surface area contributed by atoms with Crippen molar-refractivity contribution in [1.82, 2.24) is 10.1 Å². The van der Waals surface area contributed by atoms with E-state index in [1.165, 1.54) is 6.42 Å². The quantitative estimate of drug-likeness (QED) is 0.919. The van der Waals surface area contributed by atoms with Crippen LogP contribution in [0.15, 0.2) is 4.52 Å². The van der Waals surface area contributed by atoms with E-state index in [1.807, 2.05) is 0 Å². The molecule has 1 aromatic rings. The van der Waals surface area contributed by atoms with Crippen LogP contribution in [0.1, 0.15) is 57.3 Å². The van der Waals surface area contributed by atoms with Gasteiger partial charge in [-0.05, 0) is 43.2 Å². The Morgan fingerprint density at radius 3 is 2.76 bits per heavy atom. The fraction of sp³-hybridized carbons (Fsp3) is 0.800. The third kappa shape index (κ3) is 2.89. The summed E-state index contributed by atoms with van der Waals surface area (Å²) in [5.74, 6) is 0.339. The summed E-state index contributed by atoms with van der Waals surface area (Å²) in [6.45, 7) is 4.03. The van der Waals surface area contributed by atoms with E-state index in [0.717, 1.165) is 45.2 Å². The Morgan fingerprint density at radius 1 is 1.33 bits per heavy atom. The van der Waals surface area contributed by atoms with E-state index in [-0.39, 0.29) is 11.8 Å². The number of carboxylic acids is 1. The Bertz CT molecular complexity index is 496. The first-order valence-corrected chi connectivity index (χ1v) is 8.00. The summed E-state index contributed by atoms with van der Waals surface area (Å²) in [7, 11) is 0. The lowest BCUT2D eigenvalue weighted by atomic mass is 9.96. The van der Waals surface area contributed by atoms with Crippen molar-refractivity contribution in [2.24, 2.45) is 11.8 Å². The Hall–Kier alpha value is -1.59. The minimum Gasteiger partial charge on any atom is -0.481 e. The summed E-state index contributed by atoms with van der Waals surface area (Å²) in [6, 6.07) is 0. The zero-order chi connectivity index (χ0) is 14.8. The van der Waals surface area contributed by atoms with Crippen LogP contribution in [0.4, 0.5) is 5.95 Å². The van der Waals surface area contributed by atoms with Crippen molar-refractivity contribution in [1.29, 1.82) is 0 Å². The number of carbonyl (C=O) groups is 1. The zero-order valence-corrected chi connectivity index (χ0v) is 12.5. The summed E-state index contributed by atoms with van der Waals surface area (Å²) in [6.07, 6.45) is 6.13. The first-order chi connectivity index (χ1) is 10.2. The van der Waals surface area contributed by atoms with Crippen molar-refractivity contribution in [3.8, 4) is 0 Å². The third-order valence-corrected chi connectivity index (χ3v) is 4.94. The maximum absolute atomic E-state index is 11.5. The molecule has 6 nitrogen and oxygen atoms in total. The van der Waals surface area contributed by atoms with Crippen molar-refractivity contribution < 1.29 is 14.4 Å². The molecule has 2 fully saturated rings. The minimum atomic E-state index is -0.742. The molecule has 0 bridgehead atoms. The summed E-state index contributed by atoms with van der Waals surface area (Å²) >= 11 is 0. The molecule has 1 aromatic heterocycles. The lowest BCUT2D eigenvalue weighted by Crippen LogP contribution is -2.30. The molecular weight excluding hydrogens is 270 g/mol. The molecule has 2 heterocycles. The van der Waals surface area contributed by atoms with Gasteiger partial charge in [0.15, 0.2) is 0 Å². The first-order valence-electron chi connectivity index (χ1n) is 8.00. The number of nitrogens with zero attached hydrogens (tertiary/aromatic N) is 3. The molecule has 6 heteroatoms. The fourth-order valence-corrected chi connectivity index (χ4v) is 3.62. The van der Waals surface area contributed by atoms with Gasteiger partial charge in [0.2, 0.25) is 5.89 Å². The van der Waals surface area contributed by atoms with Gasteiger partial charge in [0.05, 0.1) is 11.8 Å². The standard InChI is InChI=1S/C15H23N3O3/c1-2-10-8-11(12(9-10)14(19)20)13-16-15(17-21-13)18-6-4-3-5-7-18/h10-12H,2-9H2,1H3,(H,19,20). The van der Waals surface area contributed by atoms with Gasteiger partial charge in [-0.25, -0.2) is 0 Å². The lowest BCUT2D eigenvalue weighted by molar-refractivity contribution is -0.142. The largest absolute Gasteiger partial charge is 0.481 e. The molecule has 3 unspecified atom stereocenters. The van der Waals surface area contributed by atoms with Gasteiger partial charge in [0, 0.05) is 13.1 Å². The highest BCUT2D eigenvalue weighted by atomic mass is 16.5. The molecule has 0 radical (unpaired) electrons. The van der Waals surface area contributed by atoms with Gasteiger partial charge in [-0.3, -0.25) is 4.79 Å². The zero-order valence-electron chi connectivity index (χ0n) is 12.5. The number of aliphatic carboxylic acids is 1. The molecule has 1 aliphatic heterocycles. The number of anilines is 1. The van der Waals surface area contributed by atoms with Crippen molar-refractivity contribution >= 4 is 11.9 Å². The number of rotatable bonds is 4. The van der Waals surface area contributed by atoms with E-state index in [2.05, 4.69) is 22.0 Å². The predicted molar refractivity (Wildman–Crippen MR) is 77.2 cm³/mol. The molecule has 1 saturated carbocycles. The topological polar surface area (TPSA) is 79.5 Å². The minimum absolute atomic E-state index is 0.126. The number of hydrogen-bond donors (Lipinski definition) is 1. The Labute approximate surface area is 124 Å². The molecule has 3 atom stereocenters. The van der Waals surface area contributed by atoms with E-state index in [1.54, 1.807) is 0 Å². The molecule has 3 rings (SSSR count). The van der Waals surface area contributed by atoms with Crippen molar-refractivity contribution in [3.05, 3.63) is 5.89 Å². The van der Waals surface area contributed by atoms with Crippen LogP contribution in [0.3, 0.4) is 0 Å². The van der Waals surface area contributed by atoms with Gasteiger partial charge in [-0.15, -0.1) is 0 Å². The van der Waals surface area contributed by atoms with Gasteiger partial charge in [0.25, 0.3) is 5.95 Å². The maximum Gasteiger partial charge on any atom is 0.307 e. The van der Waals surface area contributed by atoms with Crippen LogP contribution in [-0.2, 0) is 4.79 Å². The molecule has 1 saturated heterocycles. The summed E-state index contributed by atoms with van der Waals surface area (Å²) in [5.41, 5.74) is 0. The van der Waals surface area contributed by atoms with Gasteiger partial charge in [-0.1, -0.05) is 13.3 Å². The van der Waals surface area contributed by atoms with E-state index < -0.39 is 5.97 Å². The second-order valence-corrected chi connectivity index (χ2v) is 6.28. The van der Waals surface area contributed by atoms with Gasteiger partial charge in [-0.2, -0.15) is 4.98 Å². The summed E-state index contributed by atoms with van der Waals surface area (Å²) < 4.78 is 5.41. The normalized spacial score (nSPS) is 29.8. The van der Waals surface area contributed by atoms with Gasteiger partial charge >= 0.3 is 5.97 Å². The SMILES string of the molecule is CCC1CC(C(=O)O)C(c2nc(N3CCCCC3)no2)C1. The van der Waals surface area contributed by atoms with Crippen LogP contribution < -0.4 is 4.90 Å². The van der Waals surface area contributed by atoms with E-state index >= 15 is 0 Å². The van der Waals surface area contributed by atoms with Crippen LogP contribution in [-0.4, -0.2) is 34.3 Å². The smallest absolute Gasteiger partial charge is 0.307 e. The van der Waals surface area contributed by atoms with E-state index in [4.69, 9.17) is 4.52 Å².